The van der Waals surface area contributed by atoms with Gasteiger partial charge in [0, 0.05) is 6.54 Å². The van der Waals surface area contributed by atoms with Crippen molar-refractivity contribution in [2.75, 3.05) is 13.2 Å². The van der Waals surface area contributed by atoms with Crippen LogP contribution in [-0.4, -0.2) is 47.8 Å². The van der Waals surface area contributed by atoms with Crippen LogP contribution in [0, 0.1) is 5.92 Å². The van der Waals surface area contributed by atoms with Crippen LogP contribution in [0.3, 0.4) is 0 Å². The highest BCUT2D eigenvalue weighted by molar-refractivity contribution is 8.27. The normalized spacial score (nSPS) is 21.2. The van der Waals surface area contributed by atoms with Crippen LogP contribution in [0.2, 0.25) is 0 Å². The van der Waals surface area contributed by atoms with Crippen molar-refractivity contribution in [3.63, 3.8) is 0 Å². The molecule has 0 saturated carbocycles. The maximum atomic E-state index is 13.4. The van der Waals surface area contributed by atoms with Gasteiger partial charge in [0.1, 0.15) is 5.57 Å². The number of thioether (sulfide) groups is 2. The third-order valence-electron chi connectivity index (χ3n) is 4.53. The molecule has 2 heterocycles. The fourth-order valence-electron chi connectivity index (χ4n) is 3.28. The Balaban J connectivity index is 2.11. The summed E-state index contributed by atoms with van der Waals surface area (Å²) in [5.74, 6) is -4.43. The molecule has 2 unspecified atom stereocenters. The maximum absolute atomic E-state index is 13.4. The zero-order valence-corrected chi connectivity index (χ0v) is 18.2. The molecular formula is C21H21NO6S2. The molecule has 2 aliphatic rings. The van der Waals surface area contributed by atoms with Gasteiger partial charge in [-0.15, -0.1) is 0 Å². The van der Waals surface area contributed by atoms with Gasteiger partial charge in [-0.05, 0) is 30.2 Å². The number of likely N-dealkylation sites (tertiary alicyclic amines) is 1. The topological polar surface area (TPSA) is 90.0 Å². The Morgan fingerprint density at radius 3 is 2.17 bits per heavy atom. The van der Waals surface area contributed by atoms with Crippen molar-refractivity contribution in [3.8, 4) is 0 Å². The van der Waals surface area contributed by atoms with Crippen molar-refractivity contribution >= 4 is 47.2 Å². The molecule has 1 amide bonds. The van der Waals surface area contributed by atoms with E-state index in [2.05, 4.69) is 0 Å². The van der Waals surface area contributed by atoms with Gasteiger partial charge in [-0.2, -0.15) is 0 Å². The molecule has 0 spiro atoms. The molecule has 9 heteroatoms. The SMILES string of the molecule is CCOC(=O)C1C(=O)C(=C2SC=CS2)C(=O)N(Cc2ccccc2)C1C(=O)OCC. The Kier molecular flexibility index (Phi) is 7.38. The molecule has 0 aromatic heterocycles. The molecule has 0 bridgehead atoms. The Morgan fingerprint density at radius 2 is 1.57 bits per heavy atom. The van der Waals surface area contributed by atoms with E-state index in [1.165, 1.54) is 28.4 Å². The average molecular weight is 448 g/mol. The highest BCUT2D eigenvalue weighted by Gasteiger charge is 2.54. The van der Waals surface area contributed by atoms with E-state index in [1.807, 2.05) is 18.2 Å². The first kappa shape index (κ1) is 22.2. The van der Waals surface area contributed by atoms with E-state index in [4.69, 9.17) is 9.47 Å². The Labute approximate surface area is 182 Å². The number of hydrogen-bond donors (Lipinski definition) is 0. The molecule has 30 heavy (non-hydrogen) atoms. The number of rotatable bonds is 6. The van der Waals surface area contributed by atoms with Crippen LogP contribution in [0.4, 0.5) is 0 Å². The molecule has 3 rings (SSSR count). The fourth-order valence-corrected chi connectivity index (χ4v) is 5.13. The summed E-state index contributed by atoms with van der Waals surface area (Å²) < 4.78 is 10.7. The number of carbonyl (C=O) groups is 4. The fraction of sp³-hybridized carbons (Fsp3) is 0.333. The average Bonchev–Trinajstić information content (AvgIpc) is 3.25. The monoisotopic (exact) mass is 447 g/mol. The quantitative estimate of drug-likeness (QED) is 0.285. The molecule has 0 aliphatic carbocycles. The number of carbonyl (C=O) groups excluding carboxylic acids is 4. The number of Topliss-reactive ketones (excluding diaryl/α,β-unsaturated/α-hetero) is 1. The number of benzene rings is 1. The number of piperidine rings is 1. The van der Waals surface area contributed by atoms with Crippen LogP contribution in [0.5, 0.6) is 0 Å². The molecule has 0 radical (unpaired) electrons. The van der Waals surface area contributed by atoms with Crippen LogP contribution in [0.25, 0.3) is 0 Å². The molecule has 7 nitrogen and oxygen atoms in total. The van der Waals surface area contributed by atoms with Crippen LogP contribution >= 0.6 is 23.5 Å². The lowest BCUT2D eigenvalue weighted by Crippen LogP contribution is -2.60. The number of ether oxygens (including phenoxy) is 2. The number of hydrogen-bond acceptors (Lipinski definition) is 8. The first-order valence-electron chi connectivity index (χ1n) is 9.44. The standard InChI is InChI=1S/C21H21NO6S2/c1-3-27-19(25)14-16(20(26)28-4-2)22(12-13-8-6-5-7-9-13)18(24)15(17(14)23)21-29-10-11-30-21/h5-11,14,16H,3-4,12H2,1-2H3. The molecule has 0 N–H and O–H groups in total. The van der Waals surface area contributed by atoms with Gasteiger partial charge in [-0.3, -0.25) is 14.4 Å². The van der Waals surface area contributed by atoms with E-state index in [-0.39, 0.29) is 25.3 Å². The Bertz CT molecular complexity index is 901. The van der Waals surface area contributed by atoms with Crippen molar-refractivity contribution in [1.29, 1.82) is 0 Å². The highest BCUT2D eigenvalue weighted by atomic mass is 32.2. The lowest BCUT2D eigenvalue weighted by atomic mass is 9.84. The van der Waals surface area contributed by atoms with Gasteiger partial charge in [0.25, 0.3) is 5.91 Å². The summed E-state index contributed by atoms with van der Waals surface area (Å²) in [5.41, 5.74) is 0.663. The zero-order chi connectivity index (χ0) is 21.7. The molecule has 2 atom stereocenters. The molecular weight excluding hydrogens is 426 g/mol. The van der Waals surface area contributed by atoms with Crippen molar-refractivity contribution in [1.82, 2.24) is 4.90 Å². The summed E-state index contributed by atoms with van der Waals surface area (Å²) in [5, 5.41) is 3.51. The van der Waals surface area contributed by atoms with Gasteiger partial charge in [-0.1, -0.05) is 53.9 Å². The van der Waals surface area contributed by atoms with Gasteiger partial charge < -0.3 is 14.4 Å². The zero-order valence-electron chi connectivity index (χ0n) is 16.5. The minimum Gasteiger partial charge on any atom is -0.465 e. The second kappa shape index (κ2) is 9.99. The lowest BCUT2D eigenvalue weighted by molar-refractivity contribution is -0.169. The first-order chi connectivity index (χ1) is 14.5. The summed E-state index contributed by atoms with van der Waals surface area (Å²) >= 11 is 2.47. The van der Waals surface area contributed by atoms with Crippen molar-refractivity contribution in [2.24, 2.45) is 5.92 Å². The third kappa shape index (κ3) is 4.46. The van der Waals surface area contributed by atoms with E-state index in [1.54, 1.807) is 36.8 Å². The van der Waals surface area contributed by atoms with Gasteiger partial charge >= 0.3 is 11.9 Å². The summed E-state index contributed by atoms with van der Waals surface area (Å²) in [6.07, 6.45) is 0. The van der Waals surface area contributed by atoms with E-state index < -0.39 is 35.6 Å². The molecule has 1 aromatic carbocycles. The number of nitrogens with zero attached hydrogens (tertiary/aromatic N) is 1. The lowest BCUT2D eigenvalue weighted by Gasteiger charge is -2.38. The van der Waals surface area contributed by atoms with E-state index in [0.717, 1.165) is 5.56 Å². The summed E-state index contributed by atoms with van der Waals surface area (Å²) in [4.78, 5) is 53.5. The van der Waals surface area contributed by atoms with E-state index >= 15 is 0 Å². The van der Waals surface area contributed by atoms with Gasteiger partial charge in [0.15, 0.2) is 17.7 Å². The smallest absolute Gasteiger partial charge is 0.330 e. The summed E-state index contributed by atoms with van der Waals surface area (Å²) in [6, 6.07) is 7.67. The van der Waals surface area contributed by atoms with Crippen molar-refractivity contribution in [2.45, 2.75) is 26.4 Å². The van der Waals surface area contributed by atoms with Crippen molar-refractivity contribution < 1.29 is 28.7 Å². The molecule has 2 aliphatic heterocycles. The Morgan fingerprint density at radius 1 is 0.967 bits per heavy atom. The predicted molar refractivity (Wildman–Crippen MR) is 114 cm³/mol. The van der Waals surface area contributed by atoms with Gasteiger partial charge in [0.05, 0.1) is 17.5 Å². The number of esters is 2. The molecule has 1 fully saturated rings. The number of amides is 1. The second-order valence-electron chi connectivity index (χ2n) is 6.38. The highest BCUT2D eigenvalue weighted by Crippen LogP contribution is 2.43. The number of ketones is 1. The van der Waals surface area contributed by atoms with Crippen LogP contribution in [-0.2, 0) is 35.2 Å². The summed E-state index contributed by atoms with van der Waals surface area (Å²) in [6.45, 7) is 3.38. The van der Waals surface area contributed by atoms with Crippen molar-refractivity contribution in [3.05, 3.63) is 56.5 Å². The molecule has 1 saturated heterocycles. The maximum Gasteiger partial charge on any atom is 0.330 e. The third-order valence-corrected chi connectivity index (χ3v) is 6.66. The predicted octanol–water partition coefficient (Wildman–Crippen LogP) is 2.87. The minimum absolute atomic E-state index is 0.0434. The molecule has 1 aromatic rings. The second-order valence-corrected chi connectivity index (χ2v) is 8.47. The van der Waals surface area contributed by atoms with Gasteiger partial charge in [-0.25, -0.2) is 4.79 Å². The largest absolute Gasteiger partial charge is 0.465 e. The molecule has 158 valence electrons. The summed E-state index contributed by atoms with van der Waals surface area (Å²) in [7, 11) is 0. The first-order valence-corrected chi connectivity index (χ1v) is 11.2. The van der Waals surface area contributed by atoms with Crippen LogP contribution in [0.15, 0.2) is 51.0 Å². The Hall–Kier alpha value is -2.52. The van der Waals surface area contributed by atoms with E-state index in [9.17, 15) is 19.2 Å². The van der Waals surface area contributed by atoms with Crippen LogP contribution in [0.1, 0.15) is 19.4 Å². The van der Waals surface area contributed by atoms with Gasteiger partial charge in [0.2, 0.25) is 0 Å². The minimum atomic E-state index is -1.48. The van der Waals surface area contributed by atoms with E-state index in [0.29, 0.717) is 4.24 Å². The van der Waals surface area contributed by atoms with Crippen LogP contribution < -0.4 is 0 Å².